The van der Waals surface area contributed by atoms with E-state index in [1.165, 1.54) is 10.8 Å². The number of imidazole rings is 1. The van der Waals surface area contributed by atoms with Crippen LogP contribution in [-0.2, 0) is 21.0 Å². The standard InChI is InChI=1S/C15H19N5O6/c16-14-17-4-9-11(18-14)20(12-10(22)3-8(5-21)26-12)15(24)19(9)6-25-13(23)7-1-2-7/h4,7-8,10,12,21-22H,1-3,5-6H2,(H2,16,17,18)/t8-,10+,12+/m0/s1. The third-order valence-corrected chi connectivity index (χ3v) is 4.59. The maximum Gasteiger partial charge on any atom is 0.335 e. The summed E-state index contributed by atoms with van der Waals surface area (Å²) in [4.78, 5) is 32.6. The van der Waals surface area contributed by atoms with E-state index in [1.807, 2.05) is 0 Å². The van der Waals surface area contributed by atoms with Crippen LogP contribution in [0.5, 0.6) is 0 Å². The number of esters is 1. The molecule has 26 heavy (non-hydrogen) atoms. The fraction of sp³-hybridized carbons (Fsp3) is 0.600. The van der Waals surface area contributed by atoms with E-state index >= 15 is 0 Å². The van der Waals surface area contributed by atoms with Gasteiger partial charge in [0.25, 0.3) is 0 Å². The average Bonchev–Trinajstić information content (AvgIpc) is 3.35. The van der Waals surface area contributed by atoms with Crippen LogP contribution in [0.1, 0.15) is 25.5 Å². The number of carbonyl (C=O) groups is 1. The first-order valence-corrected chi connectivity index (χ1v) is 8.34. The van der Waals surface area contributed by atoms with Crippen LogP contribution in [-0.4, -0.2) is 54.1 Å². The first kappa shape index (κ1) is 16.9. The molecule has 4 rings (SSSR count). The van der Waals surface area contributed by atoms with Gasteiger partial charge in [0.2, 0.25) is 5.95 Å². The van der Waals surface area contributed by atoms with Crippen molar-refractivity contribution >= 4 is 23.1 Å². The fourth-order valence-electron chi connectivity index (χ4n) is 3.07. The molecule has 4 N–H and O–H groups in total. The Morgan fingerprint density at radius 3 is 2.88 bits per heavy atom. The largest absolute Gasteiger partial charge is 0.443 e. The summed E-state index contributed by atoms with van der Waals surface area (Å²) in [6.07, 6.45) is 0.487. The van der Waals surface area contributed by atoms with Crippen molar-refractivity contribution in [2.45, 2.75) is 44.4 Å². The zero-order valence-electron chi connectivity index (χ0n) is 13.8. The van der Waals surface area contributed by atoms with Gasteiger partial charge in [-0.15, -0.1) is 0 Å². The summed E-state index contributed by atoms with van der Waals surface area (Å²) in [6.45, 7) is -0.575. The van der Waals surface area contributed by atoms with Crippen LogP contribution in [0.2, 0.25) is 0 Å². The topological polar surface area (TPSA) is 155 Å². The van der Waals surface area contributed by atoms with Crippen molar-refractivity contribution in [1.82, 2.24) is 19.1 Å². The van der Waals surface area contributed by atoms with Crippen molar-refractivity contribution in [2.24, 2.45) is 5.92 Å². The van der Waals surface area contributed by atoms with E-state index in [4.69, 9.17) is 15.2 Å². The fourth-order valence-corrected chi connectivity index (χ4v) is 3.07. The predicted octanol–water partition coefficient (Wildman–Crippen LogP) is -1.27. The Hall–Kier alpha value is -2.50. The number of nitrogen functional groups attached to an aromatic ring is 1. The highest BCUT2D eigenvalue weighted by Crippen LogP contribution is 2.31. The Balaban J connectivity index is 1.74. The van der Waals surface area contributed by atoms with Gasteiger partial charge in [0.1, 0.15) is 11.6 Å². The lowest BCUT2D eigenvalue weighted by Crippen LogP contribution is -2.32. The van der Waals surface area contributed by atoms with Crippen molar-refractivity contribution in [3.8, 4) is 0 Å². The van der Waals surface area contributed by atoms with Gasteiger partial charge in [-0.2, -0.15) is 4.98 Å². The maximum absolute atomic E-state index is 12.9. The van der Waals surface area contributed by atoms with E-state index in [0.29, 0.717) is 5.52 Å². The van der Waals surface area contributed by atoms with Gasteiger partial charge in [0.15, 0.2) is 18.6 Å². The molecule has 11 nitrogen and oxygen atoms in total. The Morgan fingerprint density at radius 2 is 2.23 bits per heavy atom. The van der Waals surface area contributed by atoms with Crippen molar-refractivity contribution in [2.75, 3.05) is 12.3 Å². The van der Waals surface area contributed by atoms with Gasteiger partial charge in [-0.1, -0.05) is 0 Å². The minimum atomic E-state index is -1.03. The highest BCUT2D eigenvalue weighted by molar-refractivity contribution is 5.75. The molecule has 2 aromatic rings. The lowest BCUT2D eigenvalue weighted by Gasteiger charge is -2.15. The number of anilines is 1. The molecule has 1 aliphatic heterocycles. The Morgan fingerprint density at radius 1 is 1.46 bits per heavy atom. The summed E-state index contributed by atoms with van der Waals surface area (Å²) in [5.74, 6) is -0.507. The van der Waals surface area contributed by atoms with Crippen molar-refractivity contribution in [1.29, 1.82) is 0 Å². The second-order valence-corrected chi connectivity index (χ2v) is 6.52. The molecule has 0 spiro atoms. The van der Waals surface area contributed by atoms with Crippen molar-refractivity contribution < 1.29 is 24.5 Å². The Kier molecular flexibility index (Phi) is 4.13. The maximum atomic E-state index is 12.9. The molecule has 0 aromatic carbocycles. The van der Waals surface area contributed by atoms with E-state index in [1.54, 1.807) is 0 Å². The van der Waals surface area contributed by atoms with Crippen LogP contribution in [0.25, 0.3) is 11.2 Å². The second-order valence-electron chi connectivity index (χ2n) is 6.52. The molecule has 2 aromatic heterocycles. The molecule has 0 radical (unpaired) electrons. The second kappa shape index (κ2) is 6.34. The monoisotopic (exact) mass is 365 g/mol. The van der Waals surface area contributed by atoms with E-state index in [-0.39, 0.29) is 43.2 Å². The van der Waals surface area contributed by atoms with Crippen LogP contribution in [0, 0.1) is 5.92 Å². The average molecular weight is 365 g/mol. The van der Waals surface area contributed by atoms with Gasteiger partial charge in [-0.25, -0.2) is 14.3 Å². The Labute approximate surface area is 147 Å². The molecule has 0 bridgehead atoms. The summed E-state index contributed by atoms with van der Waals surface area (Å²) in [6, 6.07) is 0. The number of aliphatic hydroxyl groups excluding tert-OH is 2. The molecule has 3 heterocycles. The minimum Gasteiger partial charge on any atom is -0.443 e. The van der Waals surface area contributed by atoms with Gasteiger partial charge in [0.05, 0.1) is 24.8 Å². The molecule has 1 saturated heterocycles. The van der Waals surface area contributed by atoms with Gasteiger partial charge in [-0.05, 0) is 12.8 Å². The molecule has 140 valence electrons. The smallest absolute Gasteiger partial charge is 0.335 e. The summed E-state index contributed by atoms with van der Waals surface area (Å²) in [5, 5.41) is 19.5. The van der Waals surface area contributed by atoms with Crippen LogP contribution < -0.4 is 11.4 Å². The van der Waals surface area contributed by atoms with Crippen LogP contribution >= 0.6 is 0 Å². The van der Waals surface area contributed by atoms with E-state index in [0.717, 1.165) is 17.4 Å². The van der Waals surface area contributed by atoms with Crippen molar-refractivity contribution in [3.63, 3.8) is 0 Å². The van der Waals surface area contributed by atoms with E-state index in [2.05, 4.69) is 9.97 Å². The van der Waals surface area contributed by atoms with E-state index < -0.39 is 24.1 Å². The summed E-state index contributed by atoms with van der Waals surface area (Å²) >= 11 is 0. The van der Waals surface area contributed by atoms with Crippen molar-refractivity contribution in [3.05, 3.63) is 16.7 Å². The highest BCUT2D eigenvalue weighted by atomic mass is 16.6. The molecule has 3 atom stereocenters. The quantitative estimate of drug-likeness (QED) is 0.550. The molecule has 1 saturated carbocycles. The lowest BCUT2D eigenvalue weighted by molar-refractivity contribution is -0.149. The number of rotatable bonds is 5. The number of aromatic nitrogens is 4. The number of nitrogens with zero attached hydrogens (tertiary/aromatic N) is 4. The molecule has 2 aliphatic rings. The van der Waals surface area contributed by atoms with Gasteiger partial charge in [0, 0.05) is 6.42 Å². The van der Waals surface area contributed by atoms with Crippen LogP contribution in [0.3, 0.4) is 0 Å². The highest BCUT2D eigenvalue weighted by Gasteiger charge is 2.38. The summed E-state index contributed by atoms with van der Waals surface area (Å²) in [5.41, 5.74) is 5.52. The van der Waals surface area contributed by atoms with E-state index in [9.17, 15) is 19.8 Å². The number of aliphatic hydroxyl groups is 2. The number of hydrogen-bond acceptors (Lipinski definition) is 9. The SMILES string of the molecule is Nc1ncc2c(n1)n([C@@H]1O[C@H](CO)C[C@H]1O)c(=O)n2COC(=O)C1CC1. The van der Waals surface area contributed by atoms with Gasteiger partial charge >= 0.3 is 11.7 Å². The molecule has 2 fully saturated rings. The molecule has 11 heteroatoms. The third kappa shape index (κ3) is 2.83. The molecule has 1 aliphatic carbocycles. The number of ether oxygens (including phenoxy) is 2. The molecular formula is C15H19N5O6. The third-order valence-electron chi connectivity index (χ3n) is 4.59. The predicted molar refractivity (Wildman–Crippen MR) is 86.6 cm³/mol. The minimum absolute atomic E-state index is 0.0513. The summed E-state index contributed by atoms with van der Waals surface area (Å²) < 4.78 is 13.1. The normalized spacial score (nSPS) is 25.7. The number of hydrogen-bond donors (Lipinski definition) is 3. The van der Waals surface area contributed by atoms with Crippen LogP contribution in [0.4, 0.5) is 5.95 Å². The number of fused-ring (bicyclic) bond motifs is 1. The zero-order chi connectivity index (χ0) is 18.4. The number of carbonyl (C=O) groups excluding carboxylic acids is 1. The summed E-state index contributed by atoms with van der Waals surface area (Å²) in [7, 11) is 0. The van der Waals surface area contributed by atoms with Gasteiger partial charge in [-0.3, -0.25) is 9.36 Å². The molecular weight excluding hydrogens is 346 g/mol. The first-order valence-electron chi connectivity index (χ1n) is 8.34. The Bertz CT molecular complexity index is 904. The molecule has 0 unspecified atom stereocenters. The zero-order valence-corrected chi connectivity index (χ0v) is 13.8. The first-order chi connectivity index (χ1) is 12.5. The number of nitrogens with two attached hydrogens (primary N) is 1. The lowest BCUT2D eigenvalue weighted by atomic mass is 10.2. The van der Waals surface area contributed by atoms with Crippen LogP contribution in [0.15, 0.2) is 11.0 Å². The van der Waals surface area contributed by atoms with Gasteiger partial charge < -0.3 is 25.4 Å². The molecule has 0 amide bonds.